The first-order valence-corrected chi connectivity index (χ1v) is 13.1. The van der Waals surface area contributed by atoms with Gasteiger partial charge in [-0.3, -0.25) is 4.79 Å². The largest absolute Gasteiger partial charge is 0.438 e. The standard InChI is InChI=1S/C31H38N2O4/c1-22(24-13-11-23(12-14-24)17-18-29(2,3)27(34)32-26-15-16-26)33-20-19-31(37-28(33)35,21-30(4,5)36)25-9-7-6-8-10-25/h6-14,22,26,36H,15-16,19-21H2,1-5H3,(H,32,34)/t22-,31-/m0/s1. The number of nitrogens with one attached hydrogen (secondary N) is 1. The summed E-state index contributed by atoms with van der Waals surface area (Å²) in [4.78, 5) is 27.4. The summed E-state index contributed by atoms with van der Waals surface area (Å²) in [6, 6.07) is 17.6. The third-order valence-corrected chi connectivity index (χ3v) is 7.15. The topological polar surface area (TPSA) is 78.9 Å². The highest BCUT2D eigenvalue weighted by molar-refractivity contribution is 5.85. The zero-order valence-electron chi connectivity index (χ0n) is 22.5. The van der Waals surface area contributed by atoms with Gasteiger partial charge >= 0.3 is 6.09 Å². The Hall–Kier alpha value is -3.30. The molecule has 2 atom stereocenters. The predicted octanol–water partition coefficient (Wildman–Crippen LogP) is 5.30. The number of benzene rings is 2. The molecule has 1 aliphatic carbocycles. The average molecular weight is 503 g/mol. The maximum atomic E-state index is 13.3. The van der Waals surface area contributed by atoms with Crippen molar-refractivity contribution in [2.75, 3.05) is 6.54 Å². The van der Waals surface area contributed by atoms with E-state index in [2.05, 4.69) is 17.2 Å². The van der Waals surface area contributed by atoms with Crippen LogP contribution in [0.25, 0.3) is 0 Å². The summed E-state index contributed by atoms with van der Waals surface area (Å²) < 4.78 is 6.11. The van der Waals surface area contributed by atoms with Crippen LogP contribution >= 0.6 is 0 Å². The van der Waals surface area contributed by atoms with E-state index >= 15 is 0 Å². The second-order valence-corrected chi connectivity index (χ2v) is 11.6. The molecule has 6 heteroatoms. The molecule has 4 rings (SSSR count). The van der Waals surface area contributed by atoms with Crippen LogP contribution in [0.4, 0.5) is 4.79 Å². The molecule has 1 aliphatic heterocycles. The van der Waals surface area contributed by atoms with Crippen LogP contribution in [-0.4, -0.2) is 40.2 Å². The van der Waals surface area contributed by atoms with Crippen molar-refractivity contribution in [1.82, 2.24) is 10.2 Å². The summed E-state index contributed by atoms with van der Waals surface area (Å²) in [5.41, 5.74) is 0.0642. The van der Waals surface area contributed by atoms with Crippen LogP contribution in [0.2, 0.25) is 0 Å². The van der Waals surface area contributed by atoms with Crippen LogP contribution in [0.15, 0.2) is 54.6 Å². The molecule has 1 saturated heterocycles. The average Bonchev–Trinajstić information content (AvgIpc) is 3.66. The number of carbonyl (C=O) groups excluding carboxylic acids is 2. The molecule has 1 heterocycles. The Bertz CT molecular complexity index is 1180. The first-order valence-electron chi connectivity index (χ1n) is 13.1. The molecule has 2 aromatic carbocycles. The fraction of sp³-hybridized carbons (Fsp3) is 0.484. The molecule has 0 bridgehead atoms. The van der Waals surface area contributed by atoms with Crippen LogP contribution in [0.1, 0.15) is 83.0 Å². The molecule has 1 saturated carbocycles. The van der Waals surface area contributed by atoms with E-state index in [0.717, 1.165) is 29.5 Å². The number of carbonyl (C=O) groups is 2. The lowest BCUT2D eigenvalue weighted by atomic mass is 9.80. The van der Waals surface area contributed by atoms with Gasteiger partial charge in [0.05, 0.1) is 11.6 Å². The van der Waals surface area contributed by atoms with E-state index in [1.54, 1.807) is 18.7 Å². The molecule has 0 radical (unpaired) electrons. The number of nitrogens with zero attached hydrogens (tertiary/aromatic N) is 1. The van der Waals surface area contributed by atoms with Crippen molar-refractivity contribution >= 4 is 12.0 Å². The summed E-state index contributed by atoms with van der Waals surface area (Å²) in [7, 11) is 0. The summed E-state index contributed by atoms with van der Waals surface area (Å²) in [6.07, 6.45) is 2.61. The van der Waals surface area contributed by atoms with Crippen molar-refractivity contribution in [2.24, 2.45) is 5.41 Å². The molecule has 0 unspecified atom stereocenters. The summed E-state index contributed by atoms with van der Waals surface area (Å²) in [6.45, 7) is 9.65. The Morgan fingerprint density at radius 3 is 2.35 bits per heavy atom. The molecule has 2 fully saturated rings. The lowest BCUT2D eigenvalue weighted by Crippen LogP contribution is -2.51. The Morgan fingerprint density at radius 2 is 1.78 bits per heavy atom. The number of hydrogen-bond acceptors (Lipinski definition) is 4. The highest BCUT2D eigenvalue weighted by Crippen LogP contribution is 2.42. The fourth-order valence-electron chi connectivity index (χ4n) is 4.79. The van der Waals surface area contributed by atoms with E-state index in [1.165, 1.54) is 0 Å². The zero-order chi connectivity index (χ0) is 26.8. The van der Waals surface area contributed by atoms with Crippen molar-refractivity contribution in [2.45, 2.75) is 83.6 Å². The molecule has 2 aromatic rings. The SMILES string of the molecule is C[C@@H](c1ccc(C#CC(C)(C)C(=O)NC2CC2)cc1)N1CC[C@](CC(C)(C)O)(c2ccccc2)OC1=O. The second kappa shape index (κ2) is 10.2. The van der Waals surface area contributed by atoms with E-state index in [9.17, 15) is 14.7 Å². The van der Waals surface area contributed by atoms with Crippen molar-refractivity contribution in [3.05, 3.63) is 71.3 Å². The normalized spacial score (nSPS) is 20.9. The monoisotopic (exact) mass is 502 g/mol. The molecule has 2 N–H and O–H groups in total. The van der Waals surface area contributed by atoms with Crippen molar-refractivity contribution < 1.29 is 19.4 Å². The van der Waals surface area contributed by atoms with Gasteiger partial charge in [-0.25, -0.2) is 4.79 Å². The van der Waals surface area contributed by atoms with E-state index in [-0.39, 0.29) is 18.0 Å². The molecule has 6 nitrogen and oxygen atoms in total. The van der Waals surface area contributed by atoms with Crippen molar-refractivity contribution in [3.8, 4) is 11.8 Å². The quantitative estimate of drug-likeness (QED) is 0.504. The molecular weight excluding hydrogens is 464 g/mol. The van der Waals surface area contributed by atoms with Gasteiger partial charge in [0, 0.05) is 31.0 Å². The van der Waals surface area contributed by atoms with Crippen LogP contribution in [-0.2, 0) is 15.1 Å². The van der Waals surface area contributed by atoms with E-state index in [0.29, 0.717) is 25.4 Å². The van der Waals surface area contributed by atoms with Gasteiger partial charge in [0.15, 0.2) is 0 Å². The lowest BCUT2D eigenvalue weighted by Gasteiger charge is -2.45. The van der Waals surface area contributed by atoms with Crippen molar-refractivity contribution in [3.63, 3.8) is 0 Å². The van der Waals surface area contributed by atoms with Crippen LogP contribution in [0, 0.1) is 17.3 Å². The van der Waals surface area contributed by atoms with Gasteiger partial charge in [0.25, 0.3) is 0 Å². The Morgan fingerprint density at radius 1 is 1.14 bits per heavy atom. The Labute approximate surface area is 220 Å². The van der Waals surface area contributed by atoms with E-state index in [4.69, 9.17) is 4.74 Å². The van der Waals surface area contributed by atoms with Gasteiger partial charge in [-0.1, -0.05) is 54.3 Å². The van der Waals surface area contributed by atoms with E-state index in [1.807, 2.05) is 75.4 Å². The predicted molar refractivity (Wildman–Crippen MR) is 144 cm³/mol. The van der Waals surface area contributed by atoms with Crippen LogP contribution in [0.5, 0.6) is 0 Å². The van der Waals surface area contributed by atoms with Gasteiger partial charge in [0.1, 0.15) is 11.0 Å². The summed E-state index contributed by atoms with van der Waals surface area (Å²) >= 11 is 0. The number of hydrogen-bond donors (Lipinski definition) is 2. The molecular formula is C31H38N2O4. The first-order chi connectivity index (χ1) is 17.4. The molecule has 2 amide bonds. The Balaban J connectivity index is 1.45. The Kier molecular flexibility index (Phi) is 7.39. The number of amides is 2. The highest BCUT2D eigenvalue weighted by Gasteiger charge is 2.46. The van der Waals surface area contributed by atoms with Gasteiger partial charge in [0.2, 0.25) is 5.91 Å². The number of aliphatic hydroxyl groups is 1. The van der Waals surface area contributed by atoms with Gasteiger partial charge in [-0.05, 0) is 70.7 Å². The molecule has 0 aromatic heterocycles. The maximum Gasteiger partial charge on any atom is 0.411 e. The minimum Gasteiger partial charge on any atom is -0.438 e. The smallest absolute Gasteiger partial charge is 0.411 e. The summed E-state index contributed by atoms with van der Waals surface area (Å²) in [5, 5.41) is 13.6. The number of cyclic esters (lactones) is 1. The minimum absolute atomic E-state index is 0.0347. The van der Waals surface area contributed by atoms with Gasteiger partial charge in [-0.15, -0.1) is 0 Å². The van der Waals surface area contributed by atoms with Crippen molar-refractivity contribution in [1.29, 1.82) is 0 Å². The van der Waals surface area contributed by atoms with Crippen LogP contribution in [0.3, 0.4) is 0 Å². The highest BCUT2D eigenvalue weighted by atomic mass is 16.6. The number of ether oxygens (including phenoxy) is 1. The molecule has 196 valence electrons. The molecule has 37 heavy (non-hydrogen) atoms. The fourth-order valence-corrected chi connectivity index (χ4v) is 4.79. The molecule has 2 aliphatic rings. The van der Waals surface area contributed by atoms with Gasteiger partial charge < -0.3 is 20.1 Å². The van der Waals surface area contributed by atoms with E-state index < -0.39 is 16.6 Å². The third-order valence-electron chi connectivity index (χ3n) is 7.15. The zero-order valence-corrected chi connectivity index (χ0v) is 22.5. The first kappa shape index (κ1) is 26.8. The second-order valence-electron chi connectivity index (χ2n) is 11.6. The third kappa shape index (κ3) is 6.53. The van der Waals surface area contributed by atoms with Crippen LogP contribution < -0.4 is 5.32 Å². The summed E-state index contributed by atoms with van der Waals surface area (Å²) in [5.74, 6) is 6.19. The van der Waals surface area contributed by atoms with Gasteiger partial charge in [-0.2, -0.15) is 0 Å². The maximum absolute atomic E-state index is 13.3. The lowest BCUT2D eigenvalue weighted by molar-refractivity contribution is -0.126. The minimum atomic E-state index is -0.992. The number of rotatable bonds is 7. The molecule has 0 spiro atoms.